The van der Waals surface area contributed by atoms with E-state index < -0.39 is 0 Å². The maximum Gasteiger partial charge on any atom is 0.0111 e. The Hall–Kier alpha value is -0.860. The van der Waals surface area contributed by atoms with Gasteiger partial charge in [0.05, 0.1) is 0 Å². The average Bonchev–Trinajstić information content (AvgIpc) is 3.15. The molecule has 0 bridgehead atoms. The number of benzene rings is 1. The number of aryl methyl sites for hydroxylation is 1. The molecule has 3 rings (SSSR count). The van der Waals surface area contributed by atoms with E-state index in [0.717, 1.165) is 18.0 Å². The molecule has 3 unspecified atom stereocenters. The average molecular weight is 272 g/mol. The van der Waals surface area contributed by atoms with Gasteiger partial charge in [-0.2, -0.15) is 0 Å². The van der Waals surface area contributed by atoms with Crippen LogP contribution in [0.25, 0.3) is 0 Å². The number of rotatable bonds is 6. The Morgan fingerprint density at radius 1 is 1.05 bits per heavy atom. The van der Waals surface area contributed by atoms with Crippen LogP contribution in [-0.4, -0.2) is 25.2 Å². The van der Waals surface area contributed by atoms with E-state index in [0.29, 0.717) is 0 Å². The van der Waals surface area contributed by atoms with E-state index in [1.807, 2.05) is 0 Å². The SMILES string of the molecule is c1ccc(CCCNC2CCCC2C2CCCN2)cc1. The summed E-state index contributed by atoms with van der Waals surface area (Å²) in [5.41, 5.74) is 1.47. The fraction of sp³-hybridized carbons (Fsp3) is 0.667. The minimum atomic E-state index is 0.765. The van der Waals surface area contributed by atoms with Crippen LogP contribution in [0.2, 0.25) is 0 Å². The minimum absolute atomic E-state index is 0.765. The molecule has 110 valence electrons. The lowest BCUT2D eigenvalue weighted by atomic mass is 9.93. The highest BCUT2D eigenvalue weighted by atomic mass is 15.0. The lowest BCUT2D eigenvalue weighted by Crippen LogP contribution is -2.42. The van der Waals surface area contributed by atoms with Crippen LogP contribution in [-0.2, 0) is 6.42 Å². The molecule has 1 saturated carbocycles. The van der Waals surface area contributed by atoms with Gasteiger partial charge in [-0.1, -0.05) is 36.8 Å². The maximum absolute atomic E-state index is 3.84. The molecule has 0 aromatic heterocycles. The summed E-state index contributed by atoms with van der Waals surface area (Å²) in [6.45, 7) is 2.41. The van der Waals surface area contributed by atoms with E-state index >= 15 is 0 Å². The molecule has 1 saturated heterocycles. The molecule has 2 fully saturated rings. The van der Waals surface area contributed by atoms with Crippen molar-refractivity contribution >= 4 is 0 Å². The van der Waals surface area contributed by atoms with Crippen molar-refractivity contribution in [2.75, 3.05) is 13.1 Å². The first-order valence-corrected chi connectivity index (χ1v) is 8.44. The first-order chi connectivity index (χ1) is 9.93. The summed E-state index contributed by atoms with van der Waals surface area (Å²) < 4.78 is 0. The van der Waals surface area contributed by atoms with Gasteiger partial charge in [0.1, 0.15) is 0 Å². The molecule has 2 aliphatic rings. The van der Waals surface area contributed by atoms with Gasteiger partial charge in [0.25, 0.3) is 0 Å². The molecule has 1 aromatic rings. The van der Waals surface area contributed by atoms with E-state index in [2.05, 4.69) is 41.0 Å². The van der Waals surface area contributed by atoms with Crippen LogP contribution in [0.4, 0.5) is 0 Å². The van der Waals surface area contributed by atoms with Crippen LogP contribution in [0, 0.1) is 5.92 Å². The van der Waals surface area contributed by atoms with Crippen LogP contribution in [0.1, 0.15) is 44.1 Å². The standard InChI is InChI=1S/C18H28N2/c1-2-7-15(8-3-1)9-5-13-19-17-11-4-10-16(17)18-12-6-14-20-18/h1-3,7-8,16-20H,4-6,9-14H2. The normalized spacial score (nSPS) is 29.9. The van der Waals surface area contributed by atoms with Gasteiger partial charge in [-0.05, 0) is 63.1 Å². The summed E-state index contributed by atoms with van der Waals surface area (Å²) in [6.07, 6.45) is 9.45. The molecule has 1 heterocycles. The molecule has 1 aromatic carbocycles. The third-order valence-electron chi connectivity index (χ3n) is 5.08. The van der Waals surface area contributed by atoms with Gasteiger partial charge < -0.3 is 10.6 Å². The summed E-state index contributed by atoms with van der Waals surface area (Å²) in [6, 6.07) is 12.4. The van der Waals surface area contributed by atoms with Crippen LogP contribution >= 0.6 is 0 Å². The predicted molar refractivity (Wildman–Crippen MR) is 84.9 cm³/mol. The monoisotopic (exact) mass is 272 g/mol. The van der Waals surface area contributed by atoms with Crippen LogP contribution < -0.4 is 10.6 Å². The molecule has 0 radical (unpaired) electrons. The summed E-state index contributed by atoms with van der Waals surface area (Å²) in [7, 11) is 0. The van der Waals surface area contributed by atoms with Crippen molar-refractivity contribution in [3.05, 3.63) is 35.9 Å². The summed E-state index contributed by atoms with van der Waals surface area (Å²) >= 11 is 0. The zero-order chi connectivity index (χ0) is 13.6. The predicted octanol–water partition coefficient (Wildman–Crippen LogP) is 3.13. The number of hydrogen-bond acceptors (Lipinski definition) is 2. The molecular formula is C18H28N2. The molecule has 0 spiro atoms. The third-order valence-corrected chi connectivity index (χ3v) is 5.08. The van der Waals surface area contributed by atoms with Gasteiger partial charge in [-0.15, -0.1) is 0 Å². The molecule has 1 aliphatic carbocycles. The smallest absolute Gasteiger partial charge is 0.0111 e. The van der Waals surface area contributed by atoms with Gasteiger partial charge >= 0.3 is 0 Å². The Morgan fingerprint density at radius 3 is 2.75 bits per heavy atom. The van der Waals surface area contributed by atoms with Crippen molar-refractivity contribution in [1.29, 1.82) is 0 Å². The Bertz CT molecular complexity index is 384. The summed E-state index contributed by atoms with van der Waals surface area (Å²) in [5.74, 6) is 0.884. The van der Waals surface area contributed by atoms with Crippen molar-refractivity contribution in [2.24, 2.45) is 5.92 Å². The molecule has 20 heavy (non-hydrogen) atoms. The van der Waals surface area contributed by atoms with Gasteiger partial charge in [0.2, 0.25) is 0 Å². The highest BCUT2D eigenvalue weighted by molar-refractivity contribution is 5.14. The summed E-state index contributed by atoms with van der Waals surface area (Å²) in [5, 5.41) is 7.54. The van der Waals surface area contributed by atoms with Crippen molar-refractivity contribution in [3.8, 4) is 0 Å². The van der Waals surface area contributed by atoms with Gasteiger partial charge in [-0.25, -0.2) is 0 Å². The lowest BCUT2D eigenvalue weighted by molar-refractivity contribution is 0.320. The molecule has 0 amide bonds. The maximum atomic E-state index is 3.84. The Kier molecular flexibility index (Phi) is 5.10. The van der Waals surface area contributed by atoms with Crippen molar-refractivity contribution in [1.82, 2.24) is 10.6 Å². The van der Waals surface area contributed by atoms with Gasteiger partial charge in [0, 0.05) is 12.1 Å². The fourth-order valence-corrected chi connectivity index (χ4v) is 4.03. The molecule has 2 heteroatoms. The van der Waals surface area contributed by atoms with Crippen LogP contribution in [0.5, 0.6) is 0 Å². The van der Waals surface area contributed by atoms with Crippen LogP contribution in [0.3, 0.4) is 0 Å². The molecule has 2 N–H and O–H groups in total. The molecule has 3 atom stereocenters. The molecule has 2 nitrogen and oxygen atoms in total. The van der Waals surface area contributed by atoms with Crippen molar-refractivity contribution in [3.63, 3.8) is 0 Å². The Balaban J connectivity index is 1.39. The highest BCUT2D eigenvalue weighted by Crippen LogP contribution is 2.31. The van der Waals surface area contributed by atoms with Gasteiger partial charge in [0.15, 0.2) is 0 Å². The third kappa shape index (κ3) is 3.62. The lowest BCUT2D eigenvalue weighted by Gasteiger charge is -2.26. The second-order valence-electron chi connectivity index (χ2n) is 6.45. The largest absolute Gasteiger partial charge is 0.314 e. The minimum Gasteiger partial charge on any atom is -0.314 e. The van der Waals surface area contributed by atoms with E-state index in [4.69, 9.17) is 0 Å². The zero-order valence-electron chi connectivity index (χ0n) is 12.5. The van der Waals surface area contributed by atoms with E-state index in [-0.39, 0.29) is 0 Å². The topological polar surface area (TPSA) is 24.1 Å². The first kappa shape index (κ1) is 14.1. The Morgan fingerprint density at radius 2 is 1.95 bits per heavy atom. The highest BCUT2D eigenvalue weighted by Gasteiger charge is 2.34. The van der Waals surface area contributed by atoms with E-state index in [9.17, 15) is 0 Å². The van der Waals surface area contributed by atoms with Gasteiger partial charge in [-0.3, -0.25) is 0 Å². The fourth-order valence-electron chi connectivity index (χ4n) is 4.03. The number of nitrogens with one attached hydrogen (secondary N) is 2. The van der Waals surface area contributed by atoms with Crippen molar-refractivity contribution in [2.45, 2.75) is 57.0 Å². The summed E-state index contributed by atoms with van der Waals surface area (Å²) in [4.78, 5) is 0. The molecular weight excluding hydrogens is 244 g/mol. The van der Waals surface area contributed by atoms with E-state index in [1.54, 1.807) is 0 Å². The van der Waals surface area contributed by atoms with Crippen LogP contribution in [0.15, 0.2) is 30.3 Å². The zero-order valence-corrected chi connectivity index (χ0v) is 12.5. The molecule has 1 aliphatic heterocycles. The second kappa shape index (κ2) is 7.24. The first-order valence-electron chi connectivity index (χ1n) is 8.44. The second-order valence-corrected chi connectivity index (χ2v) is 6.45. The van der Waals surface area contributed by atoms with E-state index in [1.165, 1.54) is 63.6 Å². The Labute approximate surface area is 123 Å². The number of hydrogen-bond donors (Lipinski definition) is 2. The quantitative estimate of drug-likeness (QED) is 0.778. The van der Waals surface area contributed by atoms with Crippen molar-refractivity contribution < 1.29 is 0 Å².